The van der Waals surface area contributed by atoms with E-state index in [2.05, 4.69) is 35.9 Å². The first-order valence-corrected chi connectivity index (χ1v) is 11.7. The van der Waals surface area contributed by atoms with Gasteiger partial charge in [-0.1, -0.05) is 70.2 Å². The zero-order valence-corrected chi connectivity index (χ0v) is 19.0. The maximum absolute atomic E-state index is 12.1. The zero-order chi connectivity index (χ0) is 21.6. The summed E-state index contributed by atoms with van der Waals surface area (Å²) in [4.78, 5) is 21.1. The molecule has 2 rings (SSSR count). The number of rotatable bonds is 14. The summed E-state index contributed by atoms with van der Waals surface area (Å²) in [6, 6.07) is 8.16. The van der Waals surface area contributed by atoms with Crippen molar-refractivity contribution in [3.63, 3.8) is 0 Å². The number of aryl methyl sites for hydroxylation is 2. The Morgan fingerprint density at radius 1 is 0.867 bits per heavy atom. The van der Waals surface area contributed by atoms with Crippen LogP contribution in [0.2, 0.25) is 0 Å². The van der Waals surface area contributed by atoms with E-state index in [9.17, 15) is 4.79 Å². The third-order valence-electron chi connectivity index (χ3n) is 5.40. The number of aromatic nitrogens is 2. The normalized spacial score (nSPS) is 12.0. The van der Waals surface area contributed by atoms with Crippen LogP contribution in [0.5, 0.6) is 0 Å². The van der Waals surface area contributed by atoms with Crippen molar-refractivity contribution < 1.29 is 9.53 Å². The van der Waals surface area contributed by atoms with Crippen molar-refractivity contribution in [2.75, 3.05) is 0 Å². The monoisotopic (exact) mass is 410 g/mol. The maximum atomic E-state index is 12.1. The molecule has 0 fully saturated rings. The van der Waals surface area contributed by atoms with E-state index in [4.69, 9.17) is 4.74 Å². The van der Waals surface area contributed by atoms with Gasteiger partial charge in [-0.2, -0.15) is 0 Å². The fourth-order valence-electron chi connectivity index (χ4n) is 3.48. The molecule has 4 nitrogen and oxygen atoms in total. The average molecular weight is 411 g/mol. The number of unbranched alkanes of at least 4 members (excludes halogenated alkanes) is 5. The molecule has 4 heteroatoms. The molecule has 0 spiro atoms. The van der Waals surface area contributed by atoms with Crippen molar-refractivity contribution in [1.29, 1.82) is 0 Å². The zero-order valence-electron chi connectivity index (χ0n) is 19.0. The van der Waals surface area contributed by atoms with Crippen molar-refractivity contribution in [3.8, 4) is 11.4 Å². The molecule has 2 aromatic rings. The molecule has 164 valence electrons. The van der Waals surface area contributed by atoms with Crippen LogP contribution in [0, 0.1) is 0 Å². The number of nitrogens with zero attached hydrogens (tertiary/aromatic N) is 2. The van der Waals surface area contributed by atoms with Gasteiger partial charge in [0.1, 0.15) is 0 Å². The number of carbonyl (C=O) groups is 1. The van der Waals surface area contributed by atoms with Gasteiger partial charge in [0.05, 0.1) is 6.10 Å². The molecule has 0 aliphatic heterocycles. The Morgan fingerprint density at radius 2 is 1.53 bits per heavy atom. The van der Waals surface area contributed by atoms with Crippen LogP contribution in [0.4, 0.5) is 0 Å². The molecule has 0 bridgehead atoms. The molecule has 0 aliphatic carbocycles. The highest BCUT2D eigenvalue weighted by Gasteiger charge is 2.10. The topological polar surface area (TPSA) is 52.1 Å². The van der Waals surface area contributed by atoms with Gasteiger partial charge in [0.2, 0.25) is 0 Å². The van der Waals surface area contributed by atoms with Crippen molar-refractivity contribution >= 4 is 5.97 Å². The minimum absolute atomic E-state index is 0.0128. The van der Waals surface area contributed by atoms with E-state index in [0.717, 1.165) is 36.2 Å². The molecule has 0 amide bonds. The fourth-order valence-corrected chi connectivity index (χ4v) is 3.48. The van der Waals surface area contributed by atoms with Gasteiger partial charge in [0.15, 0.2) is 5.82 Å². The van der Waals surface area contributed by atoms with E-state index in [1.807, 2.05) is 31.5 Å². The molecule has 1 heterocycles. The van der Waals surface area contributed by atoms with E-state index in [1.54, 1.807) is 0 Å². The van der Waals surface area contributed by atoms with Crippen LogP contribution in [-0.2, 0) is 22.4 Å². The first-order valence-electron chi connectivity index (χ1n) is 11.7. The van der Waals surface area contributed by atoms with Crippen molar-refractivity contribution in [1.82, 2.24) is 9.97 Å². The first kappa shape index (κ1) is 24.0. The van der Waals surface area contributed by atoms with Crippen molar-refractivity contribution in [2.24, 2.45) is 0 Å². The molecule has 0 unspecified atom stereocenters. The number of esters is 1. The van der Waals surface area contributed by atoms with Crippen molar-refractivity contribution in [3.05, 3.63) is 47.8 Å². The summed E-state index contributed by atoms with van der Waals surface area (Å²) in [7, 11) is 0. The molecule has 0 N–H and O–H groups in total. The van der Waals surface area contributed by atoms with Gasteiger partial charge in [-0.25, -0.2) is 9.97 Å². The summed E-state index contributed by atoms with van der Waals surface area (Å²) in [5, 5.41) is 0. The molecule has 1 atom stereocenters. The molecule has 0 aliphatic rings. The second kappa shape index (κ2) is 13.9. The largest absolute Gasteiger partial charge is 0.463 e. The van der Waals surface area contributed by atoms with Crippen LogP contribution < -0.4 is 0 Å². The van der Waals surface area contributed by atoms with E-state index in [1.165, 1.54) is 44.1 Å². The van der Waals surface area contributed by atoms with E-state index < -0.39 is 0 Å². The second-order valence-electron chi connectivity index (χ2n) is 8.22. The lowest BCUT2D eigenvalue weighted by molar-refractivity contribution is -0.148. The number of ether oxygens (including phenoxy) is 1. The van der Waals surface area contributed by atoms with Crippen molar-refractivity contribution in [2.45, 2.75) is 97.5 Å². The van der Waals surface area contributed by atoms with Crippen LogP contribution in [-0.4, -0.2) is 22.0 Å². The van der Waals surface area contributed by atoms with Gasteiger partial charge < -0.3 is 4.74 Å². The number of hydrogen-bond acceptors (Lipinski definition) is 4. The second-order valence-corrected chi connectivity index (χ2v) is 8.22. The van der Waals surface area contributed by atoms with Crippen LogP contribution in [0.15, 0.2) is 36.7 Å². The molecular formula is C26H38N2O2. The first-order chi connectivity index (χ1) is 14.6. The Balaban J connectivity index is 1.75. The average Bonchev–Trinajstić information content (AvgIpc) is 2.76. The third-order valence-corrected chi connectivity index (χ3v) is 5.40. The quantitative estimate of drug-likeness (QED) is 0.256. The van der Waals surface area contributed by atoms with Crippen LogP contribution in [0.25, 0.3) is 11.4 Å². The Kier molecular flexibility index (Phi) is 11.1. The third kappa shape index (κ3) is 9.06. The molecule has 1 aromatic heterocycles. The molecular weight excluding hydrogens is 372 g/mol. The number of benzene rings is 1. The summed E-state index contributed by atoms with van der Waals surface area (Å²) < 4.78 is 5.53. The Morgan fingerprint density at radius 3 is 2.20 bits per heavy atom. The minimum Gasteiger partial charge on any atom is -0.463 e. The Hall–Kier alpha value is -2.23. The summed E-state index contributed by atoms with van der Waals surface area (Å²) in [6.07, 6.45) is 15.5. The van der Waals surface area contributed by atoms with Gasteiger partial charge in [-0.3, -0.25) is 4.79 Å². The number of hydrogen-bond donors (Lipinski definition) is 0. The predicted octanol–water partition coefficient (Wildman–Crippen LogP) is 6.71. The number of carbonyl (C=O) groups excluding carboxylic acids is 1. The standard InChI is InChI=1S/C26H38N2O2/c1-4-6-8-10-11-21(3)30-25(29)18-15-22-13-16-24(17-14-22)26-27-19-23(20-28-26)12-9-7-5-2/h13-14,16-17,19-21H,4-12,15,18H2,1-3H3/t21-/m1/s1. The van der Waals surface area contributed by atoms with E-state index in [-0.39, 0.29) is 12.1 Å². The molecule has 0 saturated carbocycles. The maximum Gasteiger partial charge on any atom is 0.306 e. The Labute approximate surface area is 182 Å². The smallest absolute Gasteiger partial charge is 0.306 e. The van der Waals surface area contributed by atoms with Gasteiger partial charge in [-0.05, 0) is 50.2 Å². The lowest BCUT2D eigenvalue weighted by Gasteiger charge is -2.13. The summed E-state index contributed by atoms with van der Waals surface area (Å²) in [6.45, 7) is 6.41. The van der Waals surface area contributed by atoms with Gasteiger partial charge in [0.25, 0.3) is 0 Å². The summed E-state index contributed by atoms with van der Waals surface area (Å²) in [5.41, 5.74) is 3.33. The van der Waals surface area contributed by atoms with Gasteiger partial charge in [-0.15, -0.1) is 0 Å². The van der Waals surface area contributed by atoms with E-state index in [0.29, 0.717) is 12.8 Å². The van der Waals surface area contributed by atoms with Crippen LogP contribution in [0.1, 0.15) is 89.7 Å². The Bertz CT molecular complexity index is 726. The highest BCUT2D eigenvalue weighted by molar-refractivity contribution is 5.70. The van der Waals surface area contributed by atoms with Crippen LogP contribution in [0.3, 0.4) is 0 Å². The highest BCUT2D eigenvalue weighted by Crippen LogP contribution is 2.17. The molecule has 0 radical (unpaired) electrons. The highest BCUT2D eigenvalue weighted by atomic mass is 16.5. The summed E-state index contributed by atoms with van der Waals surface area (Å²) >= 11 is 0. The molecule has 0 saturated heterocycles. The molecule has 30 heavy (non-hydrogen) atoms. The lowest BCUT2D eigenvalue weighted by atomic mass is 10.1. The van der Waals surface area contributed by atoms with Gasteiger partial charge in [0, 0.05) is 24.4 Å². The summed E-state index contributed by atoms with van der Waals surface area (Å²) in [5.74, 6) is 0.640. The lowest BCUT2D eigenvalue weighted by Crippen LogP contribution is -2.15. The van der Waals surface area contributed by atoms with Gasteiger partial charge >= 0.3 is 5.97 Å². The predicted molar refractivity (Wildman–Crippen MR) is 123 cm³/mol. The van der Waals surface area contributed by atoms with E-state index >= 15 is 0 Å². The fraction of sp³-hybridized carbons (Fsp3) is 0.577. The van der Waals surface area contributed by atoms with Crippen LogP contribution >= 0.6 is 0 Å². The SMILES string of the molecule is CCCCCC[C@@H](C)OC(=O)CCc1ccc(-c2ncc(CCCCC)cn2)cc1. The molecule has 1 aromatic carbocycles. The minimum atomic E-state index is -0.107.